The van der Waals surface area contributed by atoms with Crippen molar-refractivity contribution in [2.75, 3.05) is 25.7 Å². The van der Waals surface area contributed by atoms with Crippen molar-refractivity contribution in [3.8, 4) is 5.75 Å². The quantitative estimate of drug-likeness (QED) is 0.741. The first-order chi connectivity index (χ1) is 8.58. The second-order valence-corrected chi connectivity index (χ2v) is 6.95. The summed E-state index contributed by atoms with van der Waals surface area (Å²) in [5, 5.41) is 3.48. The summed E-state index contributed by atoms with van der Waals surface area (Å²) in [6.07, 6.45) is 2.14. The van der Waals surface area contributed by atoms with E-state index in [-0.39, 0.29) is 0 Å². The Kier molecular flexibility index (Phi) is 7.68. The molecule has 1 atom stereocenters. The minimum absolute atomic E-state index is 0.682. The van der Waals surface area contributed by atoms with Crippen LogP contribution in [0.4, 0.5) is 0 Å². The van der Waals surface area contributed by atoms with Crippen LogP contribution in [0.1, 0.15) is 12.5 Å². The number of methoxy groups -OCH3 is 1. The number of nitrogens with one attached hydrogen (secondary N) is 1. The highest BCUT2D eigenvalue weighted by atomic mass is 79.9. The Morgan fingerprint density at radius 1 is 1.39 bits per heavy atom. The number of hydrogen-bond donors (Lipinski definition) is 1. The summed E-state index contributed by atoms with van der Waals surface area (Å²) in [6.45, 7) is 4.10. The normalized spacial score (nSPS) is 12.5. The SMILES string of the molecule is COc1c(Br)cc(Br)cc1CNCC(C)CSC. The van der Waals surface area contributed by atoms with Gasteiger partial charge in [0.05, 0.1) is 11.6 Å². The predicted molar refractivity (Wildman–Crippen MR) is 87.6 cm³/mol. The van der Waals surface area contributed by atoms with Gasteiger partial charge in [-0.05, 0) is 52.5 Å². The van der Waals surface area contributed by atoms with Gasteiger partial charge in [0.15, 0.2) is 0 Å². The molecule has 5 heteroatoms. The third-order valence-corrected chi connectivity index (χ3v) is 4.50. The average molecular weight is 397 g/mol. The van der Waals surface area contributed by atoms with E-state index in [0.29, 0.717) is 5.92 Å². The van der Waals surface area contributed by atoms with E-state index >= 15 is 0 Å². The highest BCUT2D eigenvalue weighted by Crippen LogP contribution is 2.32. The van der Waals surface area contributed by atoms with Crippen LogP contribution in [0.3, 0.4) is 0 Å². The fourth-order valence-corrected chi connectivity index (χ4v) is 3.93. The van der Waals surface area contributed by atoms with Crippen LogP contribution in [0.15, 0.2) is 21.1 Å². The molecule has 0 fully saturated rings. The van der Waals surface area contributed by atoms with Crippen molar-refractivity contribution >= 4 is 43.6 Å². The van der Waals surface area contributed by atoms with Gasteiger partial charge in [-0.15, -0.1) is 0 Å². The smallest absolute Gasteiger partial charge is 0.137 e. The molecule has 0 aliphatic rings. The third kappa shape index (κ3) is 5.11. The van der Waals surface area contributed by atoms with Gasteiger partial charge in [0.2, 0.25) is 0 Å². The Hall–Kier alpha value is 0.290. The molecule has 0 saturated heterocycles. The van der Waals surface area contributed by atoms with Crippen LogP contribution >= 0.6 is 43.6 Å². The van der Waals surface area contributed by atoms with E-state index in [2.05, 4.69) is 56.4 Å². The summed E-state index contributed by atoms with van der Waals surface area (Å²) in [6, 6.07) is 4.09. The lowest BCUT2D eigenvalue weighted by molar-refractivity contribution is 0.404. The molecule has 0 saturated carbocycles. The van der Waals surface area contributed by atoms with Crippen molar-refractivity contribution in [3.05, 3.63) is 26.6 Å². The van der Waals surface area contributed by atoms with Crippen LogP contribution < -0.4 is 10.1 Å². The maximum Gasteiger partial charge on any atom is 0.137 e. The van der Waals surface area contributed by atoms with Crippen LogP contribution in [-0.4, -0.2) is 25.7 Å². The van der Waals surface area contributed by atoms with E-state index < -0.39 is 0 Å². The molecule has 0 bridgehead atoms. The van der Waals surface area contributed by atoms with Gasteiger partial charge in [0.1, 0.15) is 5.75 Å². The number of benzene rings is 1. The molecule has 0 aliphatic carbocycles. The molecule has 102 valence electrons. The Bertz CT molecular complexity index is 387. The minimum Gasteiger partial charge on any atom is -0.495 e. The summed E-state index contributed by atoms with van der Waals surface area (Å²) >= 11 is 8.91. The van der Waals surface area contributed by atoms with Gasteiger partial charge in [0.25, 0.3) is 0 Å². The molecule has 1 rings (SSSR count). The lowest BCUT2D eigenvalue weighted by Gasteiger charge is -2.14. The summed E-state index contributed by atoms with van der Waals surface area (Å²) in [5.74, 6) is 2.77. The molecule has 1 aromatic carbocycles. The zero-order valence-electron chi connectivity index (χ0n) is 10.9. The number of ether oxygens (including phenoxy) is 1. The van der Waals surface area contributed by atoms with E-state index in [9.17, 15) is 0 Å². The molecule has 0 heterocycles. The molecule has 1 unspecified atom stereocenters. The Labute approximate surface area is 131 Å². The molecular weight excluding hydrogens is 378 g/mol. The number of thioether (sulfide) groups is 1. The average Bonchev–Trinajstić information content (AvgIpc) is 2.28. The summed E-state index contributed by atoms with van der Waals surface area (Å²) < 4.78 is 7.46. The van der Waals surface area contributed by atoms with Crippen LogP contribution in [-0.2, 0) is 6.54 Å². The topological polar surface area (TPSA) is 21.3 Å². The monoisotopic (exact) mass is 395 g/mol. The van der Waals surface area contributed by atoms with Gasteiger partial charge in [-0.25, -0.2) is 0 Å². The van der Waals surface area contributed by atoms with Crippen molar-refractivity contribution in [1.29, 1.82) is 0 Å². The number of rotatable bonds is 7. The van der Waals surface area contributed by atoms with E-state index in [1.807, 2.05) is 17.8 Å². The zero-order valence-corrected chi connectivity index (χ0v) is 14.9. The molecule has 0 aliphatic heterocycles. The van der Waals surface area contributed by atoms with Crippen molar-refractivity contribution in [3.63, 3.8) is 0 Å². The predicted octanol–water partition coefficient (Wildman–Crippen LogP) is 4.31. The summed E-state index contributed by atoms with van der Waals surface area (Å²) in [4.78, 5) is 0. The molecule has 18 heavy (non-hydrogen) atoms. The molecule has 0 radical (unpaired) electrons. The Morgan fingerprint density at radius 3 is 2.72 bits per heavy atom. The van der Waals surface area contributed by atoms with Crippen molar-refractivity contribution in [2.45, 2.75) is 13.5 Å². The van der Waals surface area contributed by atoms with Gasteiger partial charge >= 0.3 is 0 Å². The van der Waals surface area contributed by atoms with Gasteiger partial charge in [-0.2, -0.15) is 11.8 Å². The van der Waals surface area contributed by atoms with Crippen LogP contribution in [0, 0.1) is 5.92 Å². The maximum absolute atomic E-state index is 5.42. The Morgan fingerprint density at radius 2 is 2.11 bits per heavy atom. The van der Waals surface area contributed by atoms with E-state index in [0.717, 1.165) is 33.3 Å². The van der Waals surface area contributed by atoms with Crippen LogP contribution in [0.25, 0.3) is 0 Å². The van der Waals surface area contributed by atoms with Crippen molar-refractivity contribution in [2.24, 2.45) is 5.92 Å². The third-order valence-electron chi connectivity index (χ3n) is 2.55. The van der Waals surface area contributed by atoms with Crippen molar-refractivity contribution in [1.82, 2.24) is 5.32 Å². The standard InChI is InChI=1S/C13H19Br2NOS/c1-9(8-18-3)6-16-7-10-4-11(14)5-12(15)13(10)17-2/h4-5,9,16H,6-8H2,1-3H3. The Balaban J connectivity index is 2.61. The fourth-order valence-electron chi connectivity index (χ4n) is 1.77. The lowest BCUT2D eigenvalue weighted by atomic mass is 10.2. The molecule has 0 amide bonds. The van der Waals surface area contributed by atoms with E-state index in [1.165, 1.54) is 5.75 Å². The second-order valence-electron chi connectivity index (χ2n) is 4.27. The zero-order chi connectivity index (χ0) is 13.5. The molecule has 1 aromatic rings. The molecule has 0 spiro atoms. The lowest BCUT2D eigenvalue weighted by Crippen LogP contribution is -2.22. The molecule has 2 nitrogen and oxygen atoms in total. The van der Waals surface area contributed by atoms with Crippen LogP contribution in [0.5, 0.6) is 5.75 Å². The number of halogens is 2. The highest BCUT2D eigenvalue weighted by Gasteiger charge is 2.09. The molecule has 0 aromatic heterocycles. The second kappa shape index (κ2) is 8.46. The summed E-state index contributed by atoms with van der Waals surface area (Å²) in [7, 11) is 1.70. The van der Waals surface area contributed by atoms with Gasteiger partial charge in [0, 0.05) is 16.6 Å². The molecular formula is C13H19Br2NOS. The number of hydrogen-bond acceptors (Lipinski definition) is 3. The van der Waals surface area contributed by atoms with Crippen LogP contribution in [0.2, 0.25) is 0 Å². The first-order valence-corrected chi connectivity index (χ1v) is 8.78. The summed E-state index contributed by atoms with van der Waals surface area (Å²) in [5.41, 5.74) is 1.16. The van der Waals surface area contributed by atoms with Gasteiger partial charge < -0.3 is 10.1 Å². The van der Waals surface area contributed by atoms with E-state index in [1.54, 1.807) is 7.11 Å². The first-order valence-electron chi connectivity index (χ1n) is 5.80. The maximum atomic E-state index is 5.42. The van der Waals surface area contributed by atoms with Crippen molar-refractivity contribution < 1.29 is 4.74 Å². The fraction of sp³-hybridized carbons (Fsp3) is 0.538. The first kappa shape index (κ1) is 16.3. The molecule has 1 N–H and O–H groups in total. The highest BCUT2D eigenvalue weighted by molar-refractivity contribution is 9.11. The largest absolute Gasteiger partial charge is 0.495 e. The van der Waals surface area contributed by atoms with Gasteiger partial charge in [-0.1, -0.05) is 22.9 Å². The van der Waals surface area contributed by atoms with Gasteiger partial charge in [-0.3, -0.25) is 0 Å². The van der Waals surface area contributed by atoms with E-state index in [4.69, 9.17) is 4.74 Å². The minimum atomic E-state index is 0.682.